The average Bonchev–Trinajstić information content (AvgIpc) is 3.36. The first kappa shape index (κ1) is 27.7. The Labute approximate surface area is 239 Å². The first-order valence-corrected chi connectivity index (χ1v) is 14.3. The van der Waals surface area contributed by atoms with Crippen LogP contribution in [0.3, 0.4) is 0 Å². The third kappa shape index (κ3) is 6.25. The zero-order chi connectivity index (χ0) is 28.5. The number of piperazine rings is 1. The Balaban J connectivity index is 1.20. The first-order chi connectivity index (χ1) is 19.8. The number of nitrogens with one attached hydrogen (secondary N) is 2. The molecule has 2 aromatic carbocycles. The summed E-state index contributed by atoms with van der Waals surface area (Å²) in [6, 6.07) is 11.8. The zero-order valence-corrected chi connectivity index (χ0v) is 23.8. The van der Waals surface area contributed by atoms with Crippen molar-refractivity contribution in [3.05, 3.63) is 77.1 Å². The van der Waals surface area contributed by atoms with Crippen LogP contribution in [0, 0.1) is 18.6 Å². The Hall–Kier alpha value is -3.44. The van der Waals surface area contributed by atoms with Crippen LogP contribution in [0.5, 0.6) is 0 Å². The van der Waals surface area contributed by atoms with Crippen molar-refractivity contribution in [1.82, 2.24) is 29.7 Å². The molecule has 4 heterocycles. The zero-order valence-electron chi connectivity index (χ0n) is 23.8. The maximum Gasteiger partial charge on any atom is 0.229 e. The van der Waals surface area contributed by atoms with Crippen LogP contribution in [0.15, 0.2) is 48.8 Å². The van der Waals surface area contributed by atoms with Crippen LogP contribution in [0.25, 0.3) is 16.7 Å². The summed E-state index contributed by atoms with van der Waals surface area (Å²) in [6.45, 7) is 12.2. The van der Waals surface area contributed by atoms with Crippen LogP contribution in [0.2, 0.25) is 0 Å². The number of halogens is 2. The van der Waals surface area contributed by atoms with E-state index < -0.39 is 11.6 Å². The molecule has 2 fully saturated rings. The van der Waals surface area contributed by atoms with Gasteiger partial charge in [0.2, 0.25) is 5.95 Å². The van der Waals surface area contributed by atoms with Gasteiger partial charge in [-0.2, -0.15) is 4.98 Å². The minimum Gasteiger partial charge on any atom is -0.379 e. The number of hydrogen-bond donors (Lipinski definition) is 2. The SMILES string of the molecule is Cc1cc(Nc2ncc3ccn(-c4cc(F)c(CN5CCOCC5)c(F)c4)c3n2)ccc1CN1C[C@@H](C)N[C@@H](C)C1. The Morgan fingerprint density at radius 3 is 2.41 bits per heavy atom. The number of aryl methyl sites for hydroxylation is 1. The van der Waals surface area contributed by atoms with Crippen molar-refractivity contribution in [2.75, 3.05) is 44.7 Å². The maximum absolute atomic E-state index is 15.1. The van der Waals surface area contributed by atoms with Gasteiger partial charge in [0, 0.05) is 80.4 Å². The molecule has 2 saturated heterocycles. The Kier molecular flexibility index (Phi) is 7.99. The van der Waals surface area contributed by atoms with E-state index in [0.29, 0.717) is 55.7 Å². The topological polar surface area (TPSA) is 70.5 Å². The molecule has 0 spiro atoms. The van der Waals surface area contributed by atoms with E-state index in [2.05, 4.69) is 53.4 Å². The van der Waals surface area contributed by atoms with E-state index in [1.54, 1.807) is 17.0 Å². The monoisotopic (exact) mass is 561 g/mol. The van der Waals surface area contributed by atoms with Gasteiger partial charge in [-0.25, -0.2) is 13.8 Å². The summed E-state index contributed by atoms with van der Waals surface area (Å²) in [5.74, 6) is -0.721. The van der Waals surface area contributed by atoms with Crippen LogP contribution in [-0.4, -0.2) is 75.8 Å². The second kappa shape index (κ2) is 11.8. The van der Waals surface area contributed by atoms with Gasteiger partial charge in [-0.3, -0.25) is 9.80 Å². The summed E-state index contributed by atoms with van der Waals surface area (Å²) in [7, 11) is 0. The number of fused-ring (bicyclic) bond motifs is 1. The highest BCUT2D eigenvalue weighted by atomic mass is 19.1. The highest BCUT2D eigenvalue weighted by Gasteiger charge is 2.22. The number of benzene rings is 2. The largest absolute Gasteiger partial charge is 0.379 e. The maximum atomic E-state index is 15.1. The molecule has 8 nitrogen and oxygen atoms in total. The Morgan fingerprint density at radius 1 is 0.976 bits per heavy atom. The Morgan fingerprint density at radius 2 is 1.71 bits per heavy atom. The van der Waals surface area contributed by atoms with Crippen molar-refractivity contribution in [3.8, 4) is 5.69 Å². The van der Waals surface area contributed by atoms with E-state index in [0.717, 1.165) is 30.7 Å². The molecule has 2 aliphatic heterocycles. The number of ether oxygens (including phenoxy) is 1. The minimum atomic E-state index is -0.568. The van der Waals surface area contributed by atoms with Gasteiger partial charge in [0.25, 0.3) is 0 Å². The molecule has 0 amide bonds. The standard InChI is InChI=1S/C31H37F2N7O/c1-20-12-25(5-4-24(20)18-39-16-21(2)35-22(3)17-39)36-31-34-15-23-6-7-40(30(23)37-31)26-13-28(32)27(29(33)14-26)19-38-8-10-41-11-9-38/h4-7,12-15,21-22,35H,8-11,16-19H2,1-3H3,(H,34,36,37)/t21-,22+. The highest BCUT2D eigenvalue weighted by Crippen LogP contribution is 2.26. The van der Waals surface area contributed by atoms with E-state index in [4.69, 9.17) is 9.72 Å². The van der Waals surface area contributed by atoms with E-state index in [1.807, 2.05) is 17.0 Å². The van der Waals surface area contributed by atoms with Gasteiger partial charge < -0.3 is 19.9 Å². The number of hydrogen-bond acceptors (Lipinski definition) is 7. The molecule has 4 aromatic rings. The predicted octanol–water partition coefficient (Wildman–Crippen LogP) is 4.77. The average molecular weight is 562 g/mol. The van der Waals surface area contributed by atoms with Crippen molar-refractivity contribution in [2.24, 2.45) is 0 Å². The van der Waals surface area contributed by atoms with E-state index in [9.17, 15) is 0 Å². The lowest BCUT2D eigenvalue weighted by Gasteiger charge is -2.36. The summed E-state index contributed by atoms with van der Waals surface area (Å²) in [6.07, 6.45) is 3.48. The second-order valence-corrected chi connectivity index (χ2v) is 11.4. The number of nitrogens with zero attached hydrogens (tertiary/aromatic N) is 5. The molecule has 0 saturated carbocycles. The molecule has 10 heteroatoms. The van der Waals surface area contributed by atoms with Gasteiger partial charge in [0.15, 0.2) is 0 Å². The van der Waals surface area contributed by atoms with Gasteiger partial charge in [-0.15, -0.1) is 0 Å². The number of anilines is 2. The summed E-state index contributed by atoms with van der Waals surface area (Å²) in [5, 5.41) is 7.67. The Bertz CT molecular complexity index is 1500. The molecule has 2 aliphatic rings. The van der Waals surface area contributed by atoms with Gasteiger partial charge in [0.1, 0.15) is 17.3 Å². The smallest absolute Gasteiger partial charge is 0.229 e. The molecule has 6 rings (SSSR count). The van der Waals surface area contributed by atoms with E-state index in [-0.39, 0.29) is 12.1 Å². The van der Waals surface area contributed by atoms with Gasteiger partial charge in [-0.1, -0.05) is 6.07 Å². The molecular weight excluding hydrogens is 524 g/mol. The molecule has 2 aromatic heterocycles. The second-order valence-electron chi connectivity index (χ2n) is 11.4. The minimum absolute atomic E-state index is 0.0730. The van der Waals surface area contributed by atoms with Crippen molar-refractivity contribution in [1.29, 1.82) is 0 Å². The van der Waals surface area contributed by atoms with Crippen LogP contribution in [-0.2, 0) is 17.8 Å². The number of morpholine rings is 1. The van der Waals surface area contributed by atoms with E-state index in [1.165, 1.54) is 23.3 Å². The van der Waals surface area contributed by atoms with Crippen molar-refractivity contribution < 1.29 is 13.5 Å². The fourth-order valence-electron chi connectivity index (χ4n) is 5.94. The molecule has 2 N–H and O–H groups in total. The molecule has 41 heavy (non-hydrogen) atoms. The molecule has 0 radical (unpaired) electrons. The van der Waals surface area contributed by atoms with Crippen LogP contribution in [0.4, 0.5) is 20.4 Å². The lowest BCUT2D eigenvalue weighted by Crippen LogP contribution is -2.53. The lowest BCUT2D eigenvalue weighted by molar-refractivity contribution is 0.0332. The molecule has 216 valence electrons. The van der Waals surface area contributed by atoms with Gasteiger partial charge in [0.05, 0.1) is 18.9 Å². The quantitative estimate of drug-likeness (QED) is 0.337. The molecule has 0 bridgehead atoms. The van der Waals surface area contributed by atoms with Crippen LogP contribution < -0.4 is 10.6 Å². The summed E-state index contributed by atoms with van der Waals surface area (Å²) in [5.41, 5.74) is 4.39. The van der Waals surface area contributed by atoms with Crippen molar-refractivity contribution in [2.45, 2.75) is 45.9 Å². The van der Waals surface area contributed by atoms with E-state index >= 15 is 8.78 Å². The van der Waals surface area contributed by atoms with Gasteiger partial charge in [-0.05, 0) is 62.2 Å². The normalized spacial score (nSPS) is 20.5. The van der Waals surface area contributed by atoms with Gasteiger partial charge >= 0.3 is 0 Å². The van der Waals surface area contributed by atoms with Crippen molar-refractivity contribution in [3.63, 3.8) is 0 Å². The molecular formula is C31H37F2N7O. The first-order valence-electron chi connectivity index (χ1n) is 14.3. The summed E-state index contributed by atoms with van der Waals surface area (Å²) >= 11 is 0. The summed E-state index contributed by atoms with van der Waals surface area (Å²) < 4.78 is 37.3. The number of rotatable bonds is 7. The third-order valence-corrected chi connectivity index (χ3v) is 7.94. The summed E-state index contributed by atoms with van der Waals surface area (Å²) in [4.78, 5) is 13.7. The fraction of sp³-hybridized carbons (Fsp3) is 0.419. The molecule has 2 atom stereocenters. The van der Waals surface area contributed by atoms with Crippen molar-refractivity contribution >= 4 is 22.7 Å². The molecule has 0 aliphatic carbocycles. The third-order valence-electron chi connectivity index (χ3n) is 7.94. The lowest BCUT2D eigenvalue weighted by atomic mass is 10.1. The predicted molar refractivity (Wildman–Crippen MR) is 157 cm³/mol. The number of aromatic nitrogens is 3. The van der Waals surface area contributed by atoms with Crippen LogP contribution in [0.1, 0.15) is 30.5 Å². The molecule has 0 unspecified atom stereocenters. The highest BCUT2D eigenvalue weighted by molar-refractivity contribution is 5.79. The fourth-order valence-corrected chi connectivity index (χ4v) is 5.94. The van der Waals surface area contributed by atoms with Crippen LogP contribution >= 0.6 is 0 Å².